The quantitative estimate of drug-likeness (QED) is 0.519. The number of halogens is 1. The summed E-state index contributed by atoms with van der Waals surface area (Å²) in [6.45, 7) is 5.64. The summed E-state index contributed by atoms with van der Waals surface area (Å²) in [4.78, 5) is 4.84. The highest BCUT2D eigenvalue weighted by Gasteiger charge is 2.44. The molecular weight excluding hydrogens is 396 g/mol. The van der Waals surface area contributed by atoms with Crippen molar-refractivity contribution in [2.75, 3.05) is 39.0 Å². The molecule has 28 heavy (non-hydrogen) atoms. The van der Waals surface area contributed by atoms with Gasteiger partial charge in [0.25, 0.3) is 0 Å². The average Bonchev–Trinajstić information content (AvgIpc) is 3.45. The molecule has 2 aliphatic rings. The lowest BCUT2D eigenvalue weighted by molar-refractivity contribution is 0.275. The Morgan fingerprint density at radius 2 is 2.00 bits per heavy atom. The summed E-state index contributed by atoms with van der Waals surface area (Å²) < 4.78 is 24.9. The Kier molecular flexibility index (Phi) is 6.89. The van der Waals surface area contributed by atoms with Gasteiger partial charge in [0.05, 0.1) is 12.8 Å². The minimum absolute atomic E-state index is 0.119. The first-order valence-electron chi connectivity index (χ1n) is 10.1. The van der Waals surface area contributed by atoms with Crippen molar-refractivity contribution in [3.05, 3.63) is 34.9 Å². The van der Waals surface area contributed by atoms with E-state index in [1.54, 1.807) is 4.31 Å². The predicted octanol–water partition coefficient (Wildman–Crippen LogP) is 2.60. The molecule has 1 saturated heterocycles. The smallest absolute Gasteiger partial charge is 0.211 e. The molecule has 0 radical (unpaired) electrons. The SMILES string of the molecule is CCNC(=NCC1(c2cccc(Cl)c2)CC1)NCC1CCN(S(C)(=O)=O)CC1. The number of hydrogen-bond acceptors (Lipinski definition) is 3. The van der Waals surface area contributed by atoms with Gasteiger partial charge in [-0.3, -0.25) is 4.99 Å². The molecule has 1 saturated carbocycles. The van der Waals surface area contributed by atoms with E-state index in [-0.39, 0.29) is 5.41 Å². The second-order valence-electron chi connectivity index (χ2n) is 7.97. The zero-order valence-electron chi connectivity index (χ0n) is 16.7. The van der Waals surface area contributed by atoms with Crippen LogP contribution >= 0.6 is 11.6 Å². The molecule has 1 aromatic carbocycles. The maximum absolute atomic E-state index is 11.6. The first kappa shape index (κ1) is 21.4. The van der Waals surface area contributed by atoms with Crippen LogP contribution in [0, 0.1) is 5.92 Å². The largest absolute Gasteiger partial charge is 0.357 e. The van der Waals surface area contributed by atoms with Gasteiger partial charge in [-0.1, -0.05) is 23.7 Å². The van der Waals surface area contributed by atoms with E-state index in [1.165, 1.54) is 11.8 Å². The first-order valence-corrected chi connectivity index (χ1v) is 12.3. The van der Waals surface area contributed by atoms with E-state index in [0.717, 1.165) is 56.3 Å². The lowest BCUT2D eigenvalue weighted by Crippen LogP contribution is -2.44. The summed E-state index contributed by atoms with van der Waals surface area (Å²) in [6.07, 6.45) is 5.33. The molecule has 3 rings (SSSR count). The number of guanidine groups is 1. The predicted molar refractivity (Wildman–Crippen MR) is 115 cm³/mol. The van der Waals surface area contributed by atoms with Gasteiger partial charge in [0.1, 0.15) is 0 Å². The van der Waals surface area contributed by atoms with Gasteiger partial charge in [0.2, 0.25) is 10.0 Å². The van der Waals surface area contributed by atoms with Gasteiger partial charge < -0.3 is 10.6 Å². The lowest BCUT2D eigenvalue weighted by Gasteiger charge is -2.30. The zero-order valence-corrected chi connectivity index (χ0v) is 18.3. The maximum atomic E-state index is 11.6. The van der Waals surface area contributed by atoms with Gasteiger partial charge in [0.15, 0.2) is 5.96 Å². The Morgan fingerprint density at radius 3 is 2.57 bits per heavy atom. The van der Waals surface area contributed by atoms with E-state index in [9.17, 15) is 8.42 Å². The Balaban J connectivity index is 1.54. The molecule has 0 spiro atoms. The third kappa shape index (κ3) is 5.61. The number of sulfonamides is 1. The van der Waals surface area contributed by atoms with Crippen molar-refractivity contribution in [1.82, 2.24) is 14.9 Å². The zero-order chi connectivity index (χ0) is 20.2. The summed E-state index contributed by atoms with van der Waals surface area (Å²) in [7, 11) is -3.07. The molecular formula is C20H31ClN4O2S. The number of hydrogen-bond donors (Lipinski definition) is 2. The standard InChI is InChI=1S/C20H31ClN4O2S/c1-3-22-19(23-14-16-7-11-25(12-8-16)28(2,26)27)24-15-20(9-10-20)17-5-4-6-18(21)13-17/h4-6,13,16H,3,7-12,14-15H2,1-2H3,(H2,22,23,24). The molecule has 2 fully saturated rings. The fraction of sp³-hybridized carbons (Fsp3) is 0.650. The van der Waals surface area contributed by atoms with Crippen molar-refractivity contribution in [2.24, 2.45) is 10.9 Å². The summed E-state index contributed by atoms with van der Waals surface area (Å²) in [5.74, 6) is 1.30. The molecule has 6 nitrogen and oxygen atoms in total. The van der Waals surface area contributed by atoms with E-state index in [2.05, 4.69) is 29.7 Å². The Hall–Kier alpha value is -1.31. The second-order valence-corrected chi connectivity index (χ2v) is 10.4. The molecule has 0 atom stereocenters. The van der Waals surface area contributed by atoms with E-state index in [0.29, 0.717) is 19.0 Å². The molecule has 1 aromatic rings. The van der Waals surface area contributed by atoms with Crippen LogP contribution in [0.2, 0.25) is 5.02 Å². The number of nitrogens with zero attached hydrogens (tertiary/aromatic N) is 2. The van der Waals surface area contributed by atoms with Crippen molar-refractivity contribution >= 4 is 27.6 Å². The Labute approximate surface area is 173 Å². The lowest BCUT2D eigenvalue weighted by atomic mass is 9.96. The monoisotopic (exact) mass is 426 g/mol. The van der Waals surface area contributed by atoms with E-state index in [4.69, 9.17) is 16.6 Å². The summed E-state index contributed by atoms with van der Waals surface area (Å²) >= 11 is 6.16. The van der Waals surface area contributed by atoms with Gasteiger partial charge in [-0.2, -0.15) is 0 Å². The molecule has 2 N–H and O–H groups in total. The average molecular weight is 427 g/mol. The van der Waals surface area contributed by atoms with Crippen molar-refractivity contribution in [3.63, 3.8) is 0 Å². The Bertz CT molecular complexity index is 800. The highest BCUT2D eigenvalue weighted by Crippen LogP contribution is 2.48. The van der Waals surface area contributed by atoms with E-state index in [1.807, 2.05) is 12.1 Å². The summed E-state index contributed by atoms with van der Waals surface area (Å²) in [5, 5.41) is 7.55. The molecule has 0 amide bonds. The van der Waals surface area contributed by atoms with Crippen LogP contribution in [0.1, 0.15) is 38.2 Å². The molecule has 0 aromatic heterocycles. The van der Waals surface area contributed by atoms with Crippen LogP contribution in [0.15, 0.2) is 29.3 Å². The molecule has 8 heteroatoms. The van der Waals surface area contributed by atoms with Crippen LogP contribution in [0.25, 0.3) is 0 Å². The third-order valence-corrected chi connectivity index (χ3v) is 7.31. The van der Waals surface area contributed by atoms with Crippen molar-refractivity contribution in [2.45, 2.75) is 38.0 Å². The number of nitrogens with one attached hydrogen (secondary N) is 2. The first-order chi connectivity index (χ1) is 13.3. The van der Waals surface area contributed by atoms with Gasteiger partial charge in [-0.05, 0) is 56.2 Å². The number of benzene rings is 1. The van der Waals surface area contributed by atoms with Crippen molar-refractivity contribution in [1.29, 1.82) is 0 Å². The van der Waals surface area contributed by atoms with Crippen LogP contribution in [0.4, 0.5) is 0 Å². The molecule has 156 valence electrons. The molecule has 1 aliphatic carbocycles. The van der Waals surface area contributed by atoms with Crippen LogP contribution < -0.4 is 10.6 Å². The molecule has 0 unspecified atom stereocenters. The van der Waals surface area contributed by atoms with Crippen molar-refractivity contribution in [3.8, 4) is 0 Å². The molecule has 1 aliphatic heterocycles. The highest BCUT2D eigenvalue weighted by atomic mass is 35.5. The number of aliphatic imine (C=N–C) groups is 1. The molecule has 1 heterocycles. The van der Waals surface area contributed by atoms with E-state index < -0.39 is 10.0 Å². The van der Waals surface area contributed by atoms with Gasteiger partial charge in [-0.15, -0.1) is 0 Å². The Morgan fingerprint density at radius 1 is 1.29 bits per heavy atom. The molecule has 0 bridgehead atoms. The van der Waals surface area contributed by atoms with Gasteiger partial charge in [-0.25, -0.2) is 12.7 Å². The fourth-order valence-corrected chi connectivity index (χ4v) is 4.83. The van der Waals surface area contributed by atoms with Crippen LogP contribution in [-0.4, -0.2) is 57.7 Å². The minimum Gasteiger partial charge on any atom is -0.357 e. The third-order valence-electron chi connectivity index (χ3n) is 5.78. The fourth-order valence-electron chi connectivity index (χ4n) is 3.77. The van der Waals surface area contributed by atoms with Crippen LogP contribution in [0.3, 0.4) is 0 Å². The highest BCUT2D eigenvalue weighted by molar-refractivity contribution is 7.88. The number of piperidine rings is 1. The second kappa shape index (κ2) is 9.01. The summed E-state index contributed by atoms with van der Waals surface area (Å²) in [6, 6.07) is 8.11. The van der Waals surface area contributed by atoms with Crippen LogP contribution in [0.5, 0.6) is 0 Å². The van der Waals surface area contributed by atoms with Gasteiger partial charge >= 0.3 is 0 Å². The van der Waals surface area contributed by atoms with Crippen LogP contribution in [-0.2, 0) is 15.4 Å². The van der Waals surface area contributed by atoms with E-state index >= 15 is 0 Å². The summed E-state index contributed by atoms with van der Waals surface area (Å²) in [5.41, 5.74) is 1.39. The maximum Gasteiger partial charge on any atom is 0.211 e. The minimum atomic E-state index is -3.07. The number of rotatable bonds is 7. The van der Waals surface area contributed by atoms with Crippen molar-refractivity contribution < 1.29 is 8.42 Å². The normalized spacial score (nSPS) is 20.8. The topological polar surface area (TPSA) is 73.8 Å². The van der Waals surface area contributed by atoms with Gasteiger partial charge in [0, 0.05) is 36.6 Å².